The van der Waals surface area contributed by atoms with Crippen LogP contribution in [-0.2, 0) is 12.8 Å². The Balaban J connectivity index is 1.73. The summed E-state index contributed by atoms with van der Waals surface area (Å²) in [6.45, 7) is 7.11. The largest absolute Gasteiger partial charge is 0.477 e. The van der Waals surface area contributed by atoms with Crippen molar-refractivity contribution >= 4 is 0 Å². The smallest absolute Gasteiger partial charge is 0.220 e. The molecular weight excluding hydrogens is 274 g/mol. The lowest BCUT2D eigenvalue weighted by atomic mass is 10.1. The van der Waals surface area contributed by atoms with E-state index < -0.39 is 0 Å². The summed E-state index contributed by atoms with van der Waals surface area (Å²) in [4.78, 5) is 9.52. The minimum atomic E-state index is 0.346. The van der Waals surface area contributed by atoms with E-state index in [0.29, 0.717) is 5.92 Å². The molecule has 1 aromatic rings. The van der Waals surface area contributed by atoms with Crippen LogP contribution in [0.4, 0.5) is 0 Å². The van der Waals surface area contributed by atoms with Crippen molar-refractivity contribution in [2.45, 2.75) is 64.7 Å². The van der Waals surface area contributed by atoms with Crippen molar-refractivity contribution in [3.8, 4) is 5.88 Å². The third kappa shape index (κ3) is 3.78. The van der Waals surface area contributed by atoms with E-state index in [4.69, 9.17) is 14.7 Å². The zero-order valence-corrected chi connectivity index (χ0v) is 14.0. The summed E-state index contributed by atoms with van der Waals surface area (Å²) < 4.78 is 6.13. The molecule has 4 nitrogen and oxygen atoms in total. The van der Waals surface area contributed by atoms with Gasteiger partial charge >= 0.3 is 0 Å². The summed E-state index contributed by atoms with van der Waals surface area (Å²) in [5.41, 5.74) is 2.43. The number of hydrogen-bond donors (Lipinski definition) is 1. The van der Waals surface area contributed by atoms with Gasteiger partial charge in [0, 0.05) is 24.4 Å². The fourth-order valence-corrected chi connectivity index (χ4v) is 3.53. The Morgan fingerprint density at radius 1 is 1.14 bits per heavy atom. The van der Waals surface area contributed by atoms with Gasteiger partial charge in [-0.05, 0) is 25.3 Å². The van der Waals surface area contributed by atoms with E-state index in [0.717, 1.165) is 50.2 Å². The third-order valence-corrected chi connectivity index (χ3v) is 4.92. The van der Waals surface area contributed by atoms with Crippen molar-refractivity contribution in [2.75, 3.05) is 19.7 Å². The Labute approximate surface area is 134 Å². The Kier molecular flexibility index (Phi) is 5.29. The first-order chi connectivity index (χ1) is 10.7. The normalized spacial score (nSPS) is 19.2. The summed E-state index contributed by atoms with van der Waals surface area (Å²) in [5.74, 6) is 3.00. The highest BCUT2D eigenvalue weighted by Crippen LogP contribution is 2.29. The molecule has 1 aliphatic heterocycles. The first kappa shape index (κ1) is 15.7. The van der Waals surface area contributed by atoms with Gasteiger partial charge in [0.15, 0.2) is 0 Å². The van der Waals surface area contributed by atoms with Gasteiger partial charge in [-0.25, -0.2) is 4.98 Å². The minimum absolute atomic E-state index is 0.346. The summed E-state index contributed by atoms with van der Waals surface area (Å²) in [7, 11) is 0. The molecule has 0 spiro atoms. The molecule has 0 saturated heterocycles. The van der Waals surface area contributed by atoms with Crippen molar-refractivity contribution in [3.63, 3.8) is 0 Å². The summed E-state index contributed by atoms with van der Waals surface area (Å²) in [6, 6.07) is 0. The van der Waals surface area contributed by atoms with Crippen LogP contribution >= 0.6 is 0 Å². The fourth-order valence-electron chi connectivity index (χ4n) is 3.53. The lowest BCUT2D eigenvalue weighted by Crippen LogP contribution is -2.16. The van der Waals surface area contributed by atoms with Crippen LogP contribution in [0.2, 0.25) is 0 Å². The maximum absolute atomic E-state index is 6.13. The van der Waals surface area contributed by atoms with Crippen LogP contribution in [0.25, 0.3) is 0 Å². The molecule has 22 heavy (non-hydrogen) atoms. The number of nitrogens with zero attached hydrogens (tertiary/aromatic N) is 2. The molecule has 1 N–H and O–H groups in total. The second-order valence-electron chi connectivity index (χ2n) is 7.00. The first-order valence-electron chi connectivity index (χ1n) is 8.97. The monoisotopic (exact) mass is 303 g/mol. The number of nitrogens with one attached hydrogen (secondary N) is 1. The number of hydrogen-bond acceptors (Lipinski definition) is 4. The molecule has 1 fully saturated rings. The standard InChI is InChI=1S/C18H29N3O/c1-13(2)17-20-16-8-11-19-10-7-15(16)18(21-17)22-12-9-14-5-3-4-6-14/h13-14,19H,3-12H2,1-2H3. The topological polar surface area (TPSA) is 47.0 Å². The van der Waals surface area contributed by atoms with Crippen molar-refractivity contribution in [3.05, 3.63) is 17.1 Å². The Morgan fingerprint density at radius 2 is 1.91 bits per heavy atom. The molecule has 0 unspecified atom stereocenters. The van der Waals surface area contributed by atoms with E-state index in [1.807, 2.05) is 0 Å². The molecule has 122 valence electrons. The van der Waals surface area contributed by atoms with Gasteiger partial charge in [0.1, 0.15) is 5.82 Å². The Morgan fingerprint density at radius 3 is 2.68 bits per heavy atom. The highest BCUT2D eigenvalue weighted by Gasteiger charge is 2.20. The average molecular weight is 303 g/mol. The molecule has 2 heterocycles. The van der Waals surface area contributed by atoms with Gasteiger partial charge in [-0.15, -0.1) is 0 Å². The highest BCUT2D eigenvalue weighted by atomic mass is 16.5. The quantitative estimate of drug-likeness (QED) is 0.907. The number of ether oxygens (including phenoxy) is 1. The van der Waals surface area contributed by atoms with Crippen LogP contribution in [0, 0.1) is 5.92 Å². The summed E-state index contributed by atoms with van der Waals surface area (Å²) >= 11 is 0. The van der Waals surface area contributed by atoms with E-state index in [9.17, 15) is 0 Å². The lowest BCUT2D eigenvalue weighted by molar-refractivity contribution is 0.265. The summed E-state index contributed by atoms with van der Waals surface area (Å²) in [5, 5.41) is 3.45. The minimum Gasteiger partial charge on any atom is -0.477 e. The Hall–Kier alpha value is -1.16. The molecule has 0 aromatic carbocycles. The van der Waals surface area contributed by atoms with Gasteiger partial charge in [0.25, 0.3) is 0 Å². The molecule has 0 atom stereocenters. The van der Waals surface area contributed by atoms with Gasteiger partial charge in [-0.1, -0.05) is 39.5 Å². The molecule has 4 heteroatoms. The summed E-state index contributed by atoms with van der Waals surface area (Å²) in [6.07, 6.45) is 8.70. The molecule has 3 rings (SSSR count). The van der Waals surface area contributed by atoms with Crippen LogP contribution in [0.15, 0.2) is 0 Å². The van der Waals surface area contributed by atoms with Gasteiger partial charge in [0.05, 0.1) is 12.3 Å². The van der Waals surface area contributed by atoms with Gasteiger partial charge in [-0.3, -0.25) is 0 Å². The van der Waals surface area contributed by atoms with Crippen LogP contribution in [0.1, 0.15) is 69.0 Å². The van der Waals surface area contributed by atoms with E-state index in [-0.39, 0.29) is 0 Å². The predicted octanol–water partition coefficient (Wildman–Crippen LogP) is 3.25. The Bertz CT molecular complexity index is 495. The van der Waals surface area contributed by atoms with Crippen LogP contribution in [-0.4, -0.2) is 29.7 Å². The van der Waals surface area contributed by atoms with E-state index >= 15 is 0 Å². The second-order valence-corrected chi connectivity index (χ2v) is 7.00. The number of rotatable bonds is 5. The second kappa shape index (κ2) is 7.40. The van der Waals surface area contributed by atoms with Crippen LogP contribution < -0.4 is 10.1 Å². The van der Waals surface area contributed by atoms with Crippen LogP contribution in [0.5, 0.6) is 5.88 Å². The van der Waals surface area contributed by atoms with Gasteiger partial charge in [-0.2, -0.15) is 4.98 Å². The van der Waals surface area contributed by atoms with Crippen LogP contribution in [0.3, 0.4) is 0 Å². The first-order valence-corrected chi connectivity index (χ1v) is 8.97. The van der Waals surface area contributed by atoms with Crippen molar-refractivity contribution in [2.24, 2.45) is 5.92 Å². The SMILES string of the molecule is CC(C)c1nc2c(c(OCCC3CCCC3)n1)CCNCC2. The van der Waals surface area contributed by atoms with Gasteiger partial charge in [0.2, 0.25) is 5.88 Å². The zero-order valence-electron chi connectivity index (χ0n) is 14.0. The molecule has 0 radical (unpaired) electrons. The third-order valence-electron chi connectivity index (χ3n) is 4.92. The maximum atomic E-state index is 6.13. The molecule has 1 aromatic heterocycles. The van der Waals surface area contributed by atoms with Gasteiger partial charge < -0.3 is 10.1 Å². The van der Waals surface area contributed by atoms with E-state index in [1.165, 1.54) is 43.4 Å². The number of aromatic nitrogens is 2. The van der Waals surface area contributed by atoms with Crippen molar-refractivity contribution in [1.82, 2.24) is 15.3 Å². The highest BCUT2D eigenvalue weighted by molar-refractivity contribution is 5.33. The molecule has 1 aliphatic carbocycles. The fraction of sp³-hybridized carbons (Fsp3) is 0.778. The number of fused-ring (bicyclic) bond motifs is 1. The lowest BCUT2D eigenvalue weighted by Gasteiger charge is -2.16. The van der Waals surface area contributed by atoms with E-state index in [1.54, 1.807) is 0 Å². The molecule has 1 saturated carbocycles. The zero-order chi connectivity index (χ0) is 15.4. The molecule has 0 bridgehead atoms. The molecule has 0 amide bonds. The molecule has 2 aliphatic rings. The predicted molar refractivity (Wildman–Crippen MR) is 88.5 cm³/mol. The average Bonchev–Trinajstić information content (AvgIpc) is 2.90. The maximum Gasteiger partial charge on any atom is 0.220 e. The van der Waals surface area contributed by atoms with Crippen molar-refractivity contribution < 1.29 is 4.74 Å². The van der Waals surface area contributed by atoms with Crippen molar-refractivity contribution in [1.29, 1.82) is 0 Å². The van der Waals surface area contributed by atoms with E-state index in [2.05, 4.69) is 19.2 Å². The molecular formula is C18H29N3O.